The van der Waals surface area contributed by atoms with Gasteiger partial charge in [-0.25, -0.2) is 4.39 Å². The maximum absolute atomic E-state index is 14.1. The molecule has 224 valence electrons. The van der Waals surface area contributed by atoms with Crippen LogP contribution in [0.15, 0.2) is 72.8 Å². The SMILES string of the molecule is C[C@@H](OC1OCCN(CCN2CCC3(CCc4ccccc43)CC2)C1c1ccccc1)c1cc(F)cc(C(F)(F)F)c1. The van der Waals surface area contributed by atoms with Gasteiger partial charge in [-0.05, 0) is 91.6 Å². The number of hydrogen-bond acceptors (Lipinski definition) is 4. The van der Waals surface area contributed by atoms with E-state index in [9.17, 15) is 17.6 Å². The summed E-state index contributed by atoms with van der Waals surface area (Å²) in [5.41, 5.74) is 3.50. The van der Waals surface area contributed by atoms with E-state index in [1.165, 1.54) is 31.2 Å². The van der Waals surface area contributed by atoms with E-state index in [1.54, 1.807) is 12.5 Å². The van der Waals surface area contributed by atoms with E-state index >= 15 is 0 Å². The second kappa shape index (κ2) is 12.1. The Morgan fingerprint density at radius 1 is 0.929 bits per heavy atom. The van der Waals surface area contributed by atoms with E-state index in [0.717, 1.165) is 50.4 Å². The van der Waals surface area contributed by atoms with E-state index < -0.39 is 30.0 Å². The molecule has 42 heavy (non-hydrogen) atoms. The van der Waals surface area contributed by atoms with Gasteiger partial charge >= 0.3 is 6.18 Å². The van der Waals surface area contributed by atoms with Crippen molar-refractivity contribution in [2.75, 3.05) is 39.3 Å². The number of nitrogens with zero attached hydrogens (tertiary/aromatic N) is 2. The normalized spacial score (nSPS) is 23.6. The van der Waals surface area contributed by atoms with Crippen LogP contribution in [-0.2, 0) is 27.5 Å². The third-order valence-electron chi connectivity index (χ3n) is 9.49. The molecule has 0 amide bonds. The summed E-state index contributed by atoms with van der Waals surface area (Å²) in [5, 5.41) is 0. The first-order chi connectivity index (χ1) is 20.2. The van der Waals surface area contributed by atoms with Crippen LogP contribution in [0.2, 0.25) is 0 Å². The zero-order chi connectivity index (χ0) is 29.3. The Bertz CT molecular complexity index is 1360. The van der Waals surface area contributed by atoms with Crippen molar-refractivity contribution < 1.29 is 27.0 Å². The number of alkyl halides is 3. The third kappa shape index (κ3) is 6.13. The molecule has 3 aromatic carbocycles. The number of halogens is 4. The molecule has 2 heterocycles. The van der Waals surface area contributed by atoms with Gasteiger partial charge in [-0.3, -0.25) is 4.90 Å². The first-order valence-electron chi connectivity index (χ1n) is 15.0. The lowest BCUT2D eigenvalue weighted by Gasteiger charge is -2.44. The van der Waals surface area contributed by atoms with Crippen molar-refractivity contribution in [1.29, 1.82) is 0 Å². The van der Waals surface area contributed by atoms with Gasteiger partial charge in [-0.2, -0.15) is 13.2 Å². The molecule has 0 radical (unpaired) electrons. The van der Waals surface area contributed by atoms with Gasteiger partial charge in [0.05, 0.1) is 24.3 Å². The minimum atomic E-state index is -4.64. The predicted molar refractivity (Wildman–Crippen MR) is 154 cm³/mol. The summed E-state index contributed by atoms with van der Waals surface area (Å²) in [6.45, 7) is 6.67. The van der Waals surface area contributed by atoms with Gasteiger partial charge in [-0.1, -0.05) is 54.6 Å². The molecule has 1 spiro atoms. The van der Waals surface area contributed by atoms with Crippen molar-refractivity contribution in [2.45, 2.75) is 62.6 Å². The van der Waals surface area contributed by atoms with Crippen LogP contribution >= 0.6 is 0 Å². The van der Waals surface area contributed by atoms with Gasteiger partial charge < -0.3 is 14.4 Å². The van der Waals surface area contributed by atoms with Crippen LogP contribution in [0.1, 0.15) is 66.1 Å². The molecule has 2 saturated heterocycles. The molecular weight excluding hydrogens is 544 g/mol. The average molecular weight is 583 g/mol. The van der Waals surface area contributed by atoms with E-state index in [4.69, 9.17) is 9.47 Å². The molecule has 1 aliphatic carbocycles. The van der Waals surface area contributed by atoms with Crippen LogP contribution in [0.4, 0.5) is 17.6 Å². The maximum Gasteiger partial charge on any atom is 0.416 e. The Balaban J connectivity index is 1.14. The van der Waals surface area contributed by atoms with Gasteiger partial charge in [-0.15, -0.1) is 0 Å². The molecule has 8 heteroatoms. The summed E-state index contributed by atoms with van der Waals surface area (Å²) in [6.07, 6.45) is -1.39. The maximum atomic E-state index is 14.1. The molecule has 3 aromatic rings. The second-order valence-corrected chi connectivity index (χ2v) is 12.0. The second-order valence-electron chi connectivity index (χ2n) is 12.0. The quantitative estimate of drug-likeness (QED) is 0.273. The highest BCUT2D eigenvalue weighted by molar-refractivity contribution is 5.39. The van der Waals surface area contributed by atoms with Crippen molar-refractivity contribution >= 4 is 0 Å². The average Bonchev–Trinajstić information content (AvgIpc) is 3.34. The fraction of sp³-hybridized carbons (Fsp3) is 0.471. The van der Waals surface area contributed by atoms with E-state index in [0.29, 0.717) is 18.1 Å². The molecule has 2 aliphatic heterocycles. The molecule has 6 rings (SSSR count). The van der Waals surface area contributed by atoms with Crippen molar-refractivity contribution in [2.24, 2.45) is 0 Å². The summed E-state index contributed by atoms with van der Waals surface area (Å²) in [6, 6.07) is 21.2. The molecule has 0 bridgehead atoms. The molecular formula is C34H38F4N2O2. The Morgan fingerprint density at radius 2 is 1.67 bits per heavy atom. The van der Waals surface area contributed by atoms with E-state index in [1.807, 2.05) is 30.3 Å². The lowest BCUT2D eigenvalue weighted by atomic mass is 9.74. The number of ether oxygens (including phenoxy) is 2. The summed E-state index contributed by atoms with van der Waals surface area (Å²) in [7, 11) is 0. The number of hydrogen-bond donors (Lipinski definition) is 0. The van der Waals surface area contributed by atoms with Crippen LogP contribution in [0.3, 0.4) is 0 Å². The van der Waals surface area contributed by atoms with Crippen molar-refractivity contribution in [1.82, 2.24) is 9.80 Å². The molecule has 2 fully saturated rings. The number of fused-ring (bicyclic) bond motifs is 2. The lowest BCUT2D eigenvalue weighted by Crippen LogP contribution is -2.50. The van der Waals surface area contributed by atoms with Gasteiger partial charge in [0.25, 0.3) is 0 Å². The van der Waals surface area contributed by atoms with Crippen LogP contribution in [0, 0.1) is 5.82 Å². The number of rotatable bonds is 7. The largest absolute Gasteiger partial charge is 0.416 e. The van der Waals surface area contributed by atoms with Gasteiger partial charge in [0.1, 0.15) is 5.82 Å². The monoisotopic (exact) mass is 582 g/mol. The molecule has 3 atom stereocenters. The van der Waals surface area contributed by atoms with Crippen molar-refractivity contribution in [3.63, 3.8) is 0 Å². The fourth-order valence-corrected chi connectivity index (χ4v) is 7.12. The minimum Gasteiger partial charge on any atom is -0.349 e. The van der Waals surface area contributed by atoms with Crippen molar-refractivity contribution in [3.8, 4) is 0 Å². The highest BCUT2D eigenvalue weighted by Gasteiger charge is 2.41. The molecule has 0 saturated carbocycles. The highest BCUT2D eigenvalue weighted by Crippen LogP contribution is 2.46. The smallest absolute Gasteiger partial charge is 0.349 e. The number of aryl methyl sites for hydroxylation is 1. The Kier molecular flexibility index (Phi) is 8.42. The molecule has 4 nitrogen and oxygen atoms in total. The van der Waals surface area contributed by atoms with Crippen LogP contribution in [0.25, 0.3) is 0 Å². The van der Waals surface area contributed by atoms with E-state index in [2.05, 4.69) is 34.1 Å². The molecule has 0 aromatic heterocycles. The first-order valence-corrected chi connectivity index (χ1v) is 15.0. The van der Waals surface area contributed by atoms with Crippen LogP contribution in [0.5, 0.6) is 0 Å². The summed E-state index contributed by atoms with van der Waals surface area (Å²) >= 11 is 0. The Hall–Kier alpha value is -2.78. The summed E-state index contributed by atoms with van der Waals surface area (Å²) in [4.78, 5) is 4.91. The molecule has 2 unspecified atom stereocenters. The fourth-order valence-electron chi connectivity index (χ4n) is 7.12. The minimum absolute atomic E-state index is 0.130. The predicted octanol–water partition coefficient (Wildman–Crippen LogP) is 7.30. The third-order valence-corrected chi connectivity index (χ3v) is 9.49. The molecule has 3 aliphatic rings. The van der Waals surface area contributed by atoms with Gasteiger partial charge in [0.2, 0.25) is 0 Å². The van der Waals surface area contributed by atoms with Crippen LogP contribution in [-0.4, -0.2) is 55.4 Å². The number of piperidine rings is 1. The zero-order valence-corrected chi connectivity index (χ0v) is 24.0. The molecule has 0 N–H and O–H groups in total. The first kappa shape index (κ1) is 29.3. The summed E-state index contributed by atoms with van der Waals surface area (Å²) < 4.78 is 66.6. The Morgan fingerprint density at radius 3 is 2.43 bits per heavy atom. The van der Waals surface area contributed by atoms with Gasteiger partial charge in [0, 0.05) is 19.6 Å². The topological polar surface area (TPSA) is 24.9 Å². The number of morpholine rings is 1. The summed E-state index contributed by atoms with van der Waals surface area (Å²) in [5.74, 6) is -0.939. The Labute approximate surface area is 245 Å². The standard InChI is InChI=1S/C34H38F4N2O2/c1-24(27-21-28(34(36,37)38)23-29(35)22-27)42-32-31(26-8-3-2-4-9-26)40(19-20-41-32)18-17-39-15-13-33(14-16-39)12-11-25-7-5-6-10-30(25)33/h2-10,21-24,31-32H,11-20H2,1H3/t24-,31?,32?/m1/s1. The number of benzene rings is 3. The number of likely N-dealkylation sites (tertiary alicyclic amines) is 1. The zero-order valence-electron chi connectivity index (χ0n) is 24.0. The van der Waals surface area contributed by atoms with Crippen molar-refractivity contribution in [3.05, 3.63) is 106 Å². The van der Waals surface area contributed by atoms with E-state index in [-0.39, 0.29) is 11.6 Å². The van der Waals surface area contributed by atoms with Crippen LogP contribution < -0.4 is 0 Å². The van der Waals surface area contributed by atoms with Gasteiger partial charge in [0.15, 0.2) is 6.29 Å². The highest BCUT2D eigenvalue weighted by atomic mass is 19.4. The lowest BCUT2D eigenvalue weighted by molar-refractivity contribution is -0.230.